The van der Waals surface area contributed by atoms with Gasteiger partial charge in [0.1, 0.15) is 0 Å². The molecule has 1 N–H and O–H groups in total. The third kappa shape index (κ3) is 1.45. The molecule has 0 heterocycles. The summed E-state index contributed by atoms with van der Waals surface area (Å²) < 4.78 is 63.5. The smallest absolute Gasteiger partial charge is 0.376 e. The highest BCUT2D eigenvalue weighted by Crippen LogP contribution is 2.64. The van der Waals surface area contributed by atoms with Crippen LogP contribution in [0.4, 0.5) is 22.0 Å². The third-order valence-electron chi connectivity index (χ3n) is 3.48. The van der Waals surface area contributed by atoms with Crippen LogP contribution >= 0.6 is 0 Å². The van der Waals surface area contributed by atoms with Crippen LogP contribution in [0.3, 0.4) is 0 Å². The summed E-state index contributed by atoms with van der Waals surface area (Å²) in [4.78, 5) is 0. The largest absolute Gasteiger partial charge is 0.423 e. The lowest BCUT2D eigenvalue weighted by Gasteiger charge is -2.40. The van der Waals surface area contributed by atoms with Crippen LogP contribution in [0.25, 0.3) is 0 Å². The van der Waals surface area contributed by atoms with Crippen molar-refractivity contribution in [2.45, 2.75) is 50.8 Å². The van der Waals surface area contributed by atoms with E-state index in [4.69, 9.17) is 0 Å². The molecule has 2 rings (SSSR count). The van der Waals surface area contributed by atoms with Gasteiger partial charge in [-0.1, -0.05) is 13.8 Å². The first-order chi connectivity index (χ1) is 7.21. The van der Waals surface area contributed by atoms with E-state index in [1.807, 2.05) is 13.8 Å². The predicted octanol–water partition coefficient (Wildman–Crippen LogP) is 3.37. The molecule has 2 fully saturated rings. The van der Waals surface area contributed by atoms with E-state index in [2.05, 4.69) is 0 Å². The van der Waals surface area contributed by atoms with E-state index >= 15 is 0 Å². The molecule has 3 atom stereocenters. The van der Waals surface area contributed by atoms with Gasteiger partial charge in [0.2, 0.25) is 5.60 Å². The first kappa shape index (κ1) is 13.7. The van der Waals surface area contributed by atoms with E-state index in [0.29, 0.717) is 0 Å². The van der Waals surface area contributed by atoms with E-state index in [-0.39, 0.29) is 19.3 Å². The number of aliphatic hydroxyl groups is 1. The maximum Gasteiger partial charge on any atom is 0.423 e. The fourth-order valence-electron chi connectivity index (χ4n) is 2.69. The maximum atomic E-state index is 13.2. The van der Waals surface area contributed by atoms with Gasteiger partial charge in [0.25, 0.3) is 5.92 Å². The van der Waals surface area contributed by atoms with Gasteiger partial charge in [-0.15, -0.1) is 0 Å². The number of fused-ring (bicyclic) bond motifs is 2. The summed E-state index contributed by atoms with van der Waals surface area (Å²) in [6.45, 7) is 4.00. The van der Waals surface area contributed by atoms with Crippen molar-refractivity contribution in [1.82, 2.24) is 0 Å². The van der Waals surface area contributed by atoms with Gasteiger partial charge in [0.05, 0.1) is 0 Å². The first-order valence-corrected chi connectivity index (χ1v) is 5.38. The second kappa shape index (κ2) is 3.82. The Morgan fingerprint density at radius 3 is 1.75 bits per heavy atom. The molecule has 2 saturated carbocycles. The predicted molar refractivity (Wildman–Crippen MR) is 48.1 cm³/mol. The molecule has 16 heavy (non-hydrogen) atoms. The van der Waals surface area contributed by atoms with Crippen molar-refractivity contribution in [3.63, 3.8) is 0 Å². The van der Waals surface area contributed by atoms with Crippen LogP contribution in [0.2, 0.25) is 0 Å². The molecule has 0 aromatic heterocycles. The molecule has 2 aliphatic rings. The number of alkyl halides is 5. The second-order valence-electron chi connectivity index (χ2n) is 4.09. The molecule has 0 spiro atoms. The highest BCUT2D eigenvalue weighted by Gasteiger charge is 2.80. The van der Waals surface area contributed by atoms with Crippen LogP contribution in [0.1, 0.15) is 33.1 Å². The quantitative estimate of drug-likeness (QED) is 0.650. The average Bonchev–Trinajstić information content (AvgIpc) is 2.72. The minimum absolute atomic E-state index is 0.0380. The normalized spacial score (nSPS) is 40.5. The Balaban J connectivity index is 0.000000606. The summed E-state index contributed by atoms with van der Waals surface area (Å²) >= 11 is 0. The van der Waals surface area contributed by atoms with Crippen molar-refractivity contribution < 1.29 is 27.1 Å². The van der Waals surface area contributed by atoms with Gasteiger partial charge in [-0.05, 0) is 19.3 Å². The zero-order valence-electron chi connectivity index (χ0n) is 9.11. The fraction of sp³-hybridized carbons (Fsp3) is 1.00. The molecule has 0 amide bonds. The summed E-state index contributed by atoms with van der Waals surface area (Å²) in [6, 6.07) is 0. The number of halogens is 5. The van der Waals surface area contributed by atoms with Gasteiger partial charge in [-0.3, -0.25) is 0 Å². The zero-order chi connectivity index (χ0) is 12.8. The molecule has 1 nitrogen and oxygen atoms in total. The molecule has 0 aromatic rings. The lowest BCUT2D eigenvalue weighted by atomic mass is 9.80. The van der Waals surface area contributed by atoms with Gasteiger partial charge in [0, 0.05) is 11.8 Å². The second-order valence-corrected chi connectivity index (χ2v) is 4.09. The number of hydrogen-bond donors (Lipinski definition) is 1. The van der Waals surface area contributed by atoms with Gasteiger partial charge in [0.15, 0.2) is 0 Å². The zero-order valence-corrected chi connectivity index (χ0v) is 9.11. The van der Waals surface area contributed by atoms with Crippen molar-refractivity contribution >= 4 is 0 Å². The average molecular weight is 246 g/mol. The van der Waals surface area contributed by atoms with Gasteiger partial charge in [-0.25, -0.2) is 8.78 Å². The molecule has 3 unspecified atom stereocenters. The Morgan fingerprint density at radius 2 is 1.50 bits per heavy atom. The van der Waals surface area contributed by atoms with E-state index in [0.717, 1.165) is 0 Å². The molecule has 0 saturated heterocycles. The Kier molecular flexibility index (Phi) is 3.27. The Bertz CT molecular complexity index is 262. The van der Waals surface area contributed by atoms with Crippen LogP contribution in [-0.2, 0) is 0 Å². The SMILES string of the molecule is CC.OC1(C(F)(F)F)C2CCC(C2)C1(F)F. The van der Waals surface area contributed by atoms with Gasteiger partial charge in [-0.2, -0.15) is 13.2 Å². The molecule has 96 valence electrons. The molecule has 2 aliphatic carbocycles. The van der Waals surface area contributed by atoms with Crippen molar-refractivity contribution in [3.05, 3.63) is 0 Å². The van der Waals surface area contributed by atoms with Crippen molar-refractivity contribution in [2.75, 3.05) is 0 Å². The molecule has 0 radical (unpaired) electrons. The Labute approximate surface area is 90.6 Å². The van der Waals surface area contributed by atoms with E-state index in [9.17, 15) is 27.1 Å². The van der Waals surface area contributed by atoms with Crippen LogP contribution in [0, 0.1) is 11.8 Å². The van der Waals surface area contributed by atoms with E-state index < -0.39 is 29.5 Å². The highest BCUT2D eigenvalue weighted by atomic mass is 19.4. The minimum atomic E-state index is -5.24. The lowest BCUT2D eigenvalue weighted by Crippen LogP contribution is -2.62. The van der Waals surface area contributed by atoms with E-state index in [1.54, 1.807) is 0 Å². The van der Waals surface area contributed by atoms with Crippen molar-refractivity contribution in [2.24, 2.45) is 11.8 Å². The topological polar surface area (TPSA) is 20.2 Å². The van der Waals surface area contributed by atoms with Crippen LogP contribution in [0.15, 0.2) is 0 Å². The lowest BCUT2D eigenvalue weighted by molar-refractivity contribution is -0.346. The summed E-state index contributed by atoms with van der Waals surface area (Å²) in [5.41, 5.74) is -3.79. The summed E-state index contributed by atoms with van der Waals surface area (Å²) in [5, 5.41) is 9.17. The van der Waals surface area contributed by atoms with Crippen molar-refractivity contribution in [1.29, 1.82) is 0 Å². The maximum absolute atomic E-state index is 13.2. The molecule has 0 aliphatic heterocycles. The molecule has 0 aromatic carbocycles. The molecule has 2 bridgehead atoms. The molecular formula is C10H15F5O. The van der Waals surface area contributed by atoms with E-state index in [1.165, 1.54) is 0 Å². The highest BCUT2D eigenvalue weighted by molar-refractivity contribution is 5.15. The van der Waals surface area contributed by atoms with Gasteiger partial charge < -0.3 is 5.11 Å². The first-order valence-electron chi connectivity index (χ1n) is 5.38. The minimum Gasteiger partial charge on any atom is -0.376 e. The Morgan fingerprint density at radius 1 is 1.06 bits per heavy atom. The number of hydrogen-bond acceptors (Lipinski definition) is 1. The third-order valence-corrected chi connectivity index (χ3v) is 3.48. The monoisotopic (exact) mass is 246 g/mol. The van der Waals surface area contributed by atoms with Crippen LogP contribution in [0.5, 0.6) is 0 Å². The standard InChI is InChI=1S/C8H9F5O.C2H6/c9-7(10)5-2-1-4(3-5)6(7,14)8(11,12)13;1-2/h4-5,14H,1-3H2;1-2H3. The molecule has 6 heteroatoms. The molecular weight excluding hydrogens is 231 g/mol. The van der Waals surface area contributed by atoms with Crippen molar-refractivity contribution in [3.8, 4) is 0 Å². The van der Waals surface area contributed by atoms with Gasteiger partial charge >= 0.3 is 6.18 Å². The number of rotatable bonds is 0. The fourth-order valence-corrected chi connectivity index (χ4v) is 2.69. The summed E-state index contributed by atoms with van der Waals surface area (Å²) in [7, 11) is 0. The van der Waals surface area contributed by atoms with Crippen LogP contribution in [-0.4, -0.2) is 22.8 Å². The summed E-state index contributed by atoms with van der Waals surface area (Å²) in [5.74, 6) is -6.66. The Hall–Kier alpha value is -0.390. The summed E-state index contributed by atoms with van der Waals surface area (Å²) in [6.07, 6.45) is -5.34. The van der Waals surface area contributed by atoms with Crippen LogP contribution < -0.4 is 0 Å².